The second-order valence-electron chi connectivity index (χ2n) is 5.33. The highest BCUT2D eigenvalue weighted by molar-refractivity contribution is 5.78. The number of carbonyl (C=O) groups is 1. The lowest BCUT2D eigenvalue weighted by atomic mass is 10.0. The maximum absolute atomic E-state index is 12.9. The smallest absolute Gasteiger partial charge is 0.341 e. The van der Waals surface area contributed by atoms with Crippen LogP contribution < -0.4 is 0 Å². The normalized spacial score (nSPS) is 16.4. The summed E-state index contributed by atoms with van der Waals surface area (Å²) in [6.07, 6.45) is -0.616. The minimum Gasteiger partial charge on any atom is -0.341 e. The zero-order valence-electron chi connectivity index (χ0n) is 11.4. The Hall–Kier alpha value is -1.52. The van der Waals surface area contributed by atoms with Gasteiger partial charge in [0.1, 0.15) is 0 Å². The Kier molecular flexibility index (Phi) is 4.35. The SMILES string of the molecule is CN(Cc1ccccc1C(F)(F)F)C(=O)C1CCCC1. The Labute approximate surface area is 116 Å². The Morgan fingerprint density at radius 3 is 2.45 bits per heavy atom. The molecule has 1 aliphatic rings. The van der Waals surface area contributed by atoms with Crippen LogP contribution in [0.15, 0.2) is 24.3 Å². The molecule has 0 atom stereocenters. The van der Waals surface area contributed by atoms with Gasteiger partial charge in [0, 0.05) is 19.5 Å². The fraction of sp³-hybridized carbons (Fsp3) is 0.533. The third kappa shape index (κ3) is 3.32. The zero-order valence-corrected chi connectivity index (χ0v) is 11.4. The van der Waals surface area contributed by atoms with Gasteiger partial charge in [0.25, 0.3) is 0 Å². The van der Waals surface area contributed by atoms with E-state index in [1.54, 1.807) is 13.1 Å². The molecule has 0 bridgehead atoms. The first kappa shape index (κ1) is 14.9. The summed E-state index contributed by atoms with van der Waals surface area (Å²) in [6.45, 7) is 0.00498. The first-order valence-electron chi connectivity index (χ1n) is 6.79. The third-order valence-corrected chi connectivity index (χ3v) is 3.81. The van der Waals surface area contributed by atoms with Gasteiger partial charge in [-0.05, 0) is 24.5 Å². The van der Waals surface area contributed by atoms with Gasteiger partial charge in [-0.15, -0.1) is 0 Å². The summed E-state index contributed by atoms with van der Waals surface area (Å²) in [5.74, 6) is -0.0578. The lowest BCUT2D eigenvalue weighted by Crippen LogP contribution is -2.32. The van der Waals surface area contributed by atoms with Crippen LogP contribution >= 0.6 is 0 Å². The molecular formula is C15H18F3NO. The molecule has 1 amide bonds. The van der Waals surface area contributed by atoms with Gasteiger partial charge in [0.15, 0.2) is 0 Å². The zero-order chi connectivity index (χ0) is 14.8. The summed E-state index contributed by atoms with van der Waals surface area (Å²) >= 11 is 0. The van der Waals surface area contributed by atoms with E-state index in [1.807, 2.05) is 0 Å². The van der Waals surface area contributed by atoms with E-state index in [-0.39, 0.29) is 23.9 Å². The molecule has 5 heteroatoms. The van der Waals surface area contributed by atoms with Crippen molar-refractivity contribution in [1.82, 2.24) is 4.90 Å². The van der Waals surface area contributed by atoms with Crippen LogP contribution in [0.2, 0.25) is 0 Å². The highest BCUT2D eigenvalue weighted by atomic mass is 19.4. The Bertz CT molecular complexity index is 478. The number of nitrogens with zero attached hydrogens (tertiary/aromatic N) is 1. The molecule has 0 radical (unpaired) electrons. The van der Waals surface area contributed by atoms with Crippen molar-refractivity contribution in [1.29, 1.82) is 0 Å². The molecule has 0 aliphatic heterocycles. The Balaban J connectivity index is 2.11. The molecule has 1 fully saturated rings. The van der Waals surface area contributed by atoms with Crippen LogP contribution in [0.25, 0.3) is 0 Å². The highest BCUT2D eigenvalue weighted by Crippen LogP contribution is 2.33. The maximum atomic E-state index is 12.9. The third-order valence-electron chi connectivity index (χ3n) is 3.81. The number of rotatable bonds is 3. The van der Waals surface area contributed by atoms with E-state index in [1.165, 1.54) is 17.0 Å². The van der Waals surface area contributed by atoms with Crippen LogP contribution in [0.4, 0.5) is 13.2 Å². The van der Waals surface area contributed by atoms with Crippen LogP contribution in [0.1, 0.15) is 36.8 Å². The molecule has 0 N–H and O–H groups in total. The molecule has 0 aromatic heterocycles. The van der Waals surface area contributed by atoms with E-state index in [2.05, 4.69) is 0 Å². The first-order chi connectivity index (χ1) is 9.39. The standard InChI is InChI=1S/C15H18F3NO/c1-19(14(20)11-6-2-3-7-11)10-12-8-4-5-9-13(12)15(16,17)18/h4-5,8-9,11H,2-3,6-7,10H2,1H3. The van der Waals surface area contributed by atoms with Gasteiger partial charge in [-0.1, -0.05) is 31.0 Å². The van der Waals surface area contributed by atoms with E-state index >= 15 is 0 Å². The molecule has 20 heavy (non-hydrogen) atoms. The number of carbonyl (C=O) groups excluding carboxylic acids is 1. The van der Waals surface area contributed by atoms with E-state index in [0.717, 1.165) is 31.7 Å². The molecule has 110 valence electrons. The summed E-state index contributed by atoms with van der Waals surface area (Å²) < 4.78 is 38.7. The van der Waals surface area contributed by atoms with Crippen molar-refractivity contribution in [3.05, 3.63) is 35.4 Å². The fourth-order valence-corrected chi connectivity index (χ4v) is 2.75. The van der Waals surface area contributed by atoms with Crippen LogP contribution in [-0.4, -0.2) is 17.9 Å². The predicted molar refractivity (Wildman–Crippen MR) is 69.9 cm³/mol. The molecule has 1 aromatic rings. The average Bonchev–Trinajstić information content (AvgIpc) is 2.91. The van der Waals surface area contributed by atoms with Crippen LogP contribution in [0.5, 0.6) is 0 Å². The quantitative estimate of drug-likeness (QED) is 0.826. The number of hydrogen-bond acceptors (Lipinski definition) is 1. The molecule has 2 rings (SSSR count). The second-order valence-corrected chi connectivity index (χ2v) is 5.33. The first-order valence-corrected chi connectivity index (χ1v) is 6.79. The molecule has 1 aliphatic carbocycles. The van der Waals surface area contributed by atoms with Crippen LogP contribution in [0, 0.1) is 5.92 Å². The van der Waals surface area contributed by atoms with E-state index in [0.29, 0.717) is 0 Å². The average molecular weight is 285 g/mol. The lowest BCUT2D eigenvalue weighted by molar-refractivity contribution is -0.140. The monoisotopic (exact) mass is 285 g/mol. The van der Waals surface area contributed by atoms with Gasteiger partial charge in [0.2, 0.25) is 5.91 Å². The van der Waals surface area contributed by atoms with Gasteiger partial charge in [0.05, 0.1) is 5.56 Å². The highest BCUT2D eigenvalue weighted by Gasteiger charge is 2.34. The summed E-state index contributed by atoms with van der Waals surface area (Å²) in [5, 5.41) is 0. The minimum absolute atomic E-state index is 0.00498. The van der Waals surface area contributed by atoms with Crippen molar-refractivity contribution < 1.29 is 18.0 Å². The van der Waals surface area contributed by atoms with Crippen LogP contribution in [0.3, 0.4) is 0 Å². The summed E-state index contributed by atoms with van der Waals surface area (Å²) in [6, 6.07) is 5.42. The van der Waals surface area contributed by atoms with Crippen molar-refractivity contribution in [3.8, 4) is 0 Å². The van der Waals surface area contributed by atoms with Crippen molar-refractivity contribution >= 4 is 5.91 Å². The molecule has 0 heterocycles. The van der Waals surface area contributed by atoms with E-state index in [9.17, 15) is 18.0 Å². The van der Waals surface area contributed by atoms with Gasteiger partial charge in [-0.25, -0.2) is 0 Å². The summed E-state index contributed by atoms with van der Waals surface area (Å²) in [5.41, 5.74) is -0.514. The Morgan fingerprint density at radius 1 is 1.25 bits per heavy atom. The molecule has 0 spiro atoms. The molecule has 0 saturated heterocycles. The number of benzene rings is 1. The molecular weight excluding hydrogens is 267 g/mol. The number of hydrogen-bond donors (Lipinski definition) is 0. The van der Waals surface area contributed by atoms with E-state index in [4.69, 9.17) is 0 Å². The summed E-state index contributed by atoms with van der Waals surface area (Å²) in [7, 11) is 1.58. The van der Waals surface area contributed by atoms with Crippen molar-refractivity contribution in [3.63, 3.8) is 0 Å². The van der Waals surface area contributed by atoms with Gasteiger partial charge in [-0.2, -0.15) is 13.2 Å². The second kappa shape index (κ2) is 5.85. The van der Waals surface area contributed by atoms with Gasteiger partial charge in [-0.3, -0.25) is 4.79 Å². The van der Waals surface area contributed by atoms with Crippen molar-refractivity contribution in [2.24, 2.45) is 5.92 Å². The molecule has 1 saturated carbocycles. The lowest BCUT2D eigenvalue weighted by Gasteiger charge is -2.23. The van der Waals surface area contributed by atoms with Gasteiger partial charge < -0.3 is 4.90 Å². The maximum Gasteiger partial charge on any atom is 0.416 e. The number of amides is 1. The van der Waals surface area contributed by atoms with Crippen molar-refractivity contribution in [2.75, 3.05) is 7.05 Å². The molecule has 0 unspecified atom stereocenters. The fourth-order valence-electron chi connectivity index (χ4n) is 2.75. The number of halogens is 3. The molecule has 2 nitrogen and oxygen atoms in total. The van der Waals surface area contributed by atoms with E-state index < -0.39 is 11.7 Å². The number of alkyl halides is 3. The van der Waals surface area contributed by atoms with Crippen molar-refractivity contribution in [2.45, 2.75) is 38.4 Å². The molecule has 1 aromatic carbocycles. The Morgan fingerprint density at radius 2 is 1.85 bits per heavy atom. The summed E-state index contributed by atoms with van der Waals surface area (Å²) in [4.78, 5) is 13.6. The van der Waals surface area contributed by atoms with Gasteiger partial charge >= 0.3 is 6.18 Å². The van der Waals surface area contributed by atoms with Crippen LogP contribution in [-0.2, 0) is 17.5 Å². The largest absolute Gasteiger partial charge is 0.416 e. The topological polar surface area (TPSA) is 20.3 Å². The minimum atomic E-state index is -4.38. The predicted octanol–water partition coefficient (Wildman–Crippen LogP) is 3.85.